The molecule has 0 amide bonds. The topological polar surface area (TPSA) is 108 Å². The number of carboxylic acid groups (broad SMARTS) is 1. The SMILES string of the molecule is CC/C=C\C/C=C\C/C=C\C/C=C\C/C=C\C/C=C\C/C=C\C/C=C\C/C=C\C/C=C\C/C=C\C/C=C\CCCCC(=O)OC(COC(=O)CCCCCCCC/C=C\C/C=C\C/C=C\C/C=C\C/C=C\C/C=C\C/C=C\C/C=C\CC)COC(OCC[N+](C)(C)C)C(=O)O. The first-order valence-corrected chi connectivity index (χ1v) is 36.2. The van der Waals surface area contributed by atoms with E-state index in [4.69, 9.17) is 18.9 Å². The highest BCUT2D eigenvalue weighted by Crippen LogP contribution is 2.13. The van der Waals surface area contributed by atoms with Crippen molar-refractivity contribution in [3.63, 3.8) is 0 Å². The lowest BCUT2D eigenvalue weighted by atomic mass is 10.1. The Morgan fingerprint density at radius 3 is 0.863 bits per heavy atom. The van der Waals surface area contributed by atoms with Crippen LogP contribution in [-0.2, 0) is 33.3 Å². The number of hydrogen-bond acceptors (Lipinski definition) is 7. The molecule has 0 aromatic rings. The molecule has 0 aliphatic rings. The highest BCUT2D eigenvalue weighted by Gasteiger charge is 2.25. The van der Waals surface area contributed by atoms with Gasteiger partial charge in [0, 0.05) is 12.8 Å². The molecule has 0 bridgehead atoms. The Morgan fingerprint density at radius 1 is 0.316 bits per heavy atom. The monoisotopic (exact) mass is 1300 g/mol. The molecule has 9 heteroatoms. The summed E-state index contributed by atoms with van der Waals surface area (Å²) in [5, 5.41) is 9.75. The minimum absolute atomic E-state index is 0.162. The van der Waals surface area contributed by atoms with Gasteiger partial charge in [0.2, 0.25) is 0 Å². The number of carbonyl (C=O) groups is 3. The highest BCUT2D eigenvalue weighted by atomic mass is 16.7. The van der Waals surface area contributed by atoms with Crippen molar-refractivity contribution in [2.24, 2.45) is 0 Å². The van der Waals surface area contributed by atoms with Gasteiger partial charge in [-0.15, -0.1) is 0 Å². The molecule has 95 heavy (non-hydrogen) atoms. The van der Waals surface area contributed by atoms with Crippen molar-refractivity contribution in [3.8, 4) is 0 Å². The molecule has 0 saturated heterocycles. The predicted octanol–water partition coefficient (Wildman–Crippen LogP) is 23.2. The number of hydrogen-bond donors (Lipinski definition) is 1. The third-order valence-electron chi connectivity index (χ3n) is 14.1. The van der Waals surface area contributed by atoms with E-state index in [-0.39, 0.29) is 38.6 Å². The van der Waals surface area contributed by atoms with Crippen LogP contribution >= 0.6 is 0 Å². The lowest BCUT2D eigenvalue weighted by molar-refractivity contribution is -0.870. The molecule has 0 aromatic carbocycles. The van der Waals surface area contributed by atoms with E-state index in [9.17, 15) is 19.5 Å². The number of carboxylic acids is 1. The van der Waals surface area contributed by atoms with Gasteiger partial charge in [0.15, 0.2) is 6.10 Å². The summed E-state index contributed by atoms with van der Waals surface area (Å²) in [5.74, 6) is -2.12. The van der Waals surface area contributed by atoms with E-state index in [0.29, 0.717) is 23.9 Å². The summed E-state index contributed by atoms with van der Waals surface area (Å²) in [6, 6.07) is 0. The van der Waals surface area contributed by atoms with E-state index < -0.39 is 24.3 Å². The zero-order chi connectivity index (χ0) is 69.0. The Hall–Kier alpha value is -6.91. The average Bonchev–Trinajstić information content (AvgIpc) is 2.92. The summed E-state index contributed by atoms with van der Waals surface area (Å²) in [6.07, 6.45) is 116. The number of likely N-dealkylation sites (N-methyl/N-ethyl adjacent to an activating group) is 1. The summed E-state index contributed by atoms with van der Waals surface area (Å²) < 4.78 is 22.9. The van der Waals surface area contributed by atoms with Gasteiger partial charge in [-0.3, -0.25) is 9.59 Å². The molecule has 0 spiro atoms. The lowest BCUT2D eigenvalue weighted by Crippen LogP contribution is -2.40. The van der Waals surface area contributed by atoms with Crippen LogP contribution in [0.25, 0.3) is 0 Å². The van der Waals surface area contributed by atoms with Crippen LogP contribution in [0.3, 0.4) is 0 Å². The van der Waals surface area contributed by atoms with E-state index in [2.05, 4.69) is 257 Å². The first-order valence-electron chi connectivity index (χ1n) is 36.2. The molecule has 0 saturated carbocycles. The van der Waals surface area contributed by atoms with Crippen molar-refractivity contribution >= 4 is 17.9 Å². The van der Waals surface area contributed by atoms with E-state index >= 15 is 0 Å². The third-order valence-corrected chi connectivity index (χ3v) is 14.1. The molecule has 2 unspecified atom stereocenters. The lowest BCUT2D eigenvalue weighted by Gasteiger charge is -2.25. The van der Waals surface area contributed by atoms with E-state index in [1.807, 2.05) is 21.1 Å². The fraction of sp³-hybridized carbons (Fsp3) is 0.500. The fourth-order valence-electron chi connectivity index (χ4n) is 8.66. The van der Waals surface area contributed by atoms with Crippen molar-refractivity contribution in [2.75, 3.05) is 47.5 Å². The van der Waals surface area contributed by atoms with E-state index in [1.54, 1.807) is 0 Å². The summed E-state index contributed by atoms with van der Waals surface area (Å²) in [4.78, 5) is 37.6. The molecule has 0 heterocycles. The second-order valence-corrected chi connectivity index (χ2v) is 24.1. The molecular weight excluding hydrogens is 1170 g/mol. The van der Waals surface area contributed by atoms with Crippen LogP contribution in [0.2, 0.25) is 0 Å². The molecule has 0 aliphatic heterocycles. The van der Waals surface area contributed by atoms with Crippen molar-refractivity contribution in [2.45, 2.75) is 232 Å². The quantitative estimate of drug-likeness (QED) is 0.0211. The van der Waals surface area contributed by atoms with Crippen LogP contribution in [0.5, 0.6) is 0 Å². The zero-order valence-corrected chi connectivity index (χ0v) is 60.0. The maximum Gasteiger partial charge on any atom is 0.361 e. The van der Waals surface area contributed by atoms with Crippen LogP contribution in [0, 0.1) is 0 Å². The largest absolute Gasteiger partial charge is 0.477 e. The predicted molar refractivity (Wildman–Crippen MR) is 409 cm³/mol. The molecule has 1 N–H and O–H groups in total. The maximum atomic E-state index is 12.9. The summed E-state index contributed by atoms with van der Waals surface area (Å²) in [6.45, 7) is 4.54. The number of carbonyl (C=O) groups excluding carboxylic acids is 2. The normalized spacial score (nSPS) is 14.2. The van der Waals surface area contributed by atoms with Crippen LogP contribution in [0.1, 0.15) is 219 Å². The molecule has 9 nitrogen and oxygen atoms in total. The van der Waals surface area contributed by atoms with Crippen molar-refractivity contribution in [1.29, 1.82) is 0 Å². The van der Waals surface area contributed by atoms with Gasteiger partial charge in [0.1, 0.15) is 13.2 Å². The van der Waals surface area contributed by atoms with Gasteiger partial charge in [-0.1, -0.05) is 283 Å². The summed E-state index contributed by atoms with van der Waals surface area (Å²) in [5.41, 5.74) is 0. The van der Waals surface area contributed by atoms with Crippen LogP contribution in [-0.4, -0.2) is 87.4 Å². The van der Waals surface area contributed by atoms with Gasteiger partial charge in [-0.25, -0.2) is 4.79 Å². The first-order chi connectivity index (χ1) is 46.6. The third kappa shape index (κ3) is 74.4. The van der Waals surface area contributed by atoms with Gasteiger partial charge >= 0.3 is 17.9 Å². The number of quaternary nitrogens is 1. The molecule has 0 aromatic heterocycles. The Kier molecular flexibility index (Phi) is 67.6. The van der Waals surface area contributed by atoms with Gasteiger partial charge < -0.3 is 28.5 Å². The Bertz CT molecular complexity index is 2470. The fourth-order valence-corrected chi connectivity index (χ4v) is 8.66. The van der Waals surface area contributed by atoms with Gasteiger partial charge in [0.05, 0.1) is 34.4 Å². The Labute approximate surface area is 580 Å². The Morgan fingerprint density at radius 2 is 0.568 bits per heavy atom. The highest BCUT2D eigenvalue weighted by molar-refractivity contribution is 5.71. The van der Waals surface area contributed by atoms with Crippen molar-refractivity contribution in [3.05, 3.63) is 243 Å². The van der Waals surface area contributed by atoms with Crippen LogP contribution < -0.4 is 0 Å². The second kappa shape index (κ2) is 72.9. The molecule has 0 rings (SSSR count). The minimum Gasteiger partial charge on any atom is -0.477 e. The average molecular weight is 1310 g/mol. The molecule has 0 aliphatic carbocycles. The smallest absolute Gasteiger partial charge is 0.361 e. The van der Waals surface area contributed by atoms with Crippen molar-refractivity contribution < 1.29 is 42.9 Å². The van der Waals surface area contributed by atoms with Gasteiger partial charge in [0.25, 0.3) is 6.29 Å². The summed E-state index contributed by atoms with van der Waals surface area (Å²) >= 11 is 0. The van der Waals surface area contributed by atoms with E-state index in [0.717, 1.165) is 180 Å². The number of allylic oxidation sites excluding steroid dienone is 40. The molecule has 526 valence electrons. The maximum absolute atomic E-state index is 12.9. The number of ether oxygens (including phenoxy) is 4. The second-order valence-electron chi connectivity index (χ2n) is 24.1. The van der Waals surface area contributed by atoms with Crippen LogP contribution in [0.4, 0.5) is 0 Å². The number of nitrogens with zero attached hydrogens (tertiary/aromatic N) is 1. The van der Waals surface area contributed by atoms with Crippen molar-refractivity contribution in [1.82, 2.24) is 0 Å². The minimum atomic E-state index is -1.55. The molecule has 0 fully saturated rings. The molecular formula is C86H130NO8+. The van der Waals surface area contributed by atoms with Gasteiger partial charge in [-0.2, -0.15) is 0 Å². The summed E-state index contributed by atoms with van der Waals surface area (Å²) in [7, 11) is 5.93. The first kappa shape index (κ1) is 88.1. The van der Waals surface area contributed by atoms with Crippen LogP contribution in [0.15, 0.2) is 243 Å². The number of aliphatic carboxylic acids is 1. The number of rotatable bonds is 63. The Balaban J connectivity index is 4.34. The zero-order valence-electron chi connectivity index (χ0n) is 60.0. The molecule has 2 atom stereocenters. The molecule has 0 radical (unpaired) electrons. The van der Waals surface area contributed by atoms with Gasteiger partial charge in [-0.05, 0) is 167 Å². The number of esters is 2. The standard InChI is InChI=1S/C86H129NO8/c1-6-8-10-12-14-16-18-20-22-24-26-28-30-32-34-36-38-39-40-41-42-43-44-45-47-49-51-53-55-57-59-61-63-65-67-69-71-73-75-77-84(89)95-82(81-94-86(85(90)91)92-79-78-87(3,4)5)80-93-83(88)76-74-72-70-68-66-64-62-60-58-56-54-52-50-48-46-37-35-33-31-29-27-25-23-21-19-17-15-13-11-9-7-2/h8-11,14-17,20-23,26-29,32-35,38-39,41-42,44-46,48-49,51-52,54-55,57-58,60-61,63,67,69,82,86H,6-7,12-13,18-19,24-25,30-31,36-37,40,43,47,50,53,56,59,62,64-66,68,70-81H2,1-5H3/p+1/b10-8-,11-9-,16-14-,17-15-,22-20-,23-21-,28-26-,29-27-,34-32-,35-33-,39-38-,42-41-,45-44-,48-46-,51-49-,54-52-,57-55-,60-58-,63-61-,69-67-. The number of unbranched alkanes of at least 4 members (excludes halogenated alkanes) is 8. The van der Waals surface area contributed by atoms with E-state index in [1.165, 1.54) is 0 Å².